The Balaban J connectivity index is 2.11. The molecule has 1 aliphatic heterocycles. The van der Waals surface area contributed by atoms with Crippen LogP contribution in [0.4, 0.5) is 4.79 Å². The maximum absolute atomic E-state index is 12.4. The maximum Gasteiger partial charge on any atom is 0.408 e. The molecule has 2 amide bonds. The number of nitrogens with zero attached hydrogens (tertiary/aromatic N) is 1. The Bertz CT molecular complexity index is 508. The minimum absolute atomic E-state index is 0.00972. The Kier molecular flexibility index (Phi) is 4.41. The molecule has 1 saturated carbocycles. The van der Waals surface area contributed by atoms with Crippen molar-refractivity contribution < 1.29 is 29.3 Å². The molecule has 0 aromatic carbocycles. The number of nitrogens with one attached hydrogen (secondary N) is 1. The maximum atomic E-state index is 12.4. The van der Waals surface area contributed by atoms with Gasteiger partial charge in [-0.2, -0.15) is 0 Å². The van der Waals surface area contributed by atoms with Crippen LogP contribution in [-0.2, 0) is 14.3 Å². The lowest BCUT2D eigenvalue weighted by Crippen LogP contribution is -2.53. The summed E-state index contributed by atoms with van der Waals surface area (Å²) < 4.78 is 4.98. The normalized spacial score (nSPS) is 33.2. The standard InChI is InChI=1S/C14H20N2O6/c1-3-8-6-14(8,12(19)22-4-2)15-11(18)10-5-9(17)7-16(10)13(20)21/h3,8-10,17H,1,4-7H2,2H3,(H,15,18)(H,20,21)/t8-,9-,10+,14-/m1/s1. The average molecular weight is 312 g/mol. The summed E-state index contributed by atoms with van der Waals surface area (Å²) in [6.45, 7) is 5.35. The van der Waals surface area contributed by atoms with Gasteiger partial charge in [-0.15, -0.1) is 6.58 Å². The second-order valence-electron chi connectivity index (χ2n) is 5.57. The van der Waals surface area contributed by atoms with E-state index in [1.165, 1.54) is 0 Å². The van der Waals surface area contributed by atoms with Gasteiger partial charge in [0.25, 0.3) is 0 Å². The van der Waals surface area contributed by atoms with Gasteiger partial charge >= 0.3 is 12.1 Å². The number of likely N-dealkylation sites (tertiary alicyclic amines) is 1. The predicted molar refractivity (Wildman–Crippen MR) is 75.0 cm³/mol. The van der Waals surface area contributed by atoms with E-state index in [-0.39, 0.29) is 25.5 Å². The SMILES string of the molecule is C=C[C@@H]1C[C@]1(NC(=O)[C@@H]1C[C@@H](O)CN1C(=O)O)C(=O)OCC. The van der Waals surface area contributed by atoms with Crippen molar-refractivity contribution in [3.63, 3.8) is 0 Å². The predicted octanol–water partition coefficient (Wildman–Crippen LogP) is -0.276. The van der Waals surface area contributed by atoms with Crippen molar-refractivity contribution in [3.8, 4) is 0 Å². The summed E-state index contributed by atoms with van der Waals surface area (Å²) >= 11 is 0. The largest absolute Gasteiger partial charge is 0.465 e. The van der Waals surface area contributed by atoms with Gasteiger partial charge in [0.05, 0.1) is 19.3 Å². The Labute approximate surface area is 127 Å². The lowest BCUT2D eigenvalue weighted by molar-refractivity contribution is -0.149. The number of hydrogen-bond acceptors (Lipinski definition) is 5. The molecule has 0 aromatic rings. The smallest absolute Gasteiger partial charge is 0.408 e. The molecule has 2 rings (SSSR count). The molecule has 1 heterocycles. The average Bonchev–Trinajstić information content (AvgIpc) is 3.02. The third-order valence-corrected chi connectivity index (χ3v) is 4.11. The highest BCUT2D eigenvalue weighted by Gasteiger charge is 2.61. The van der Waals surface area contributed by atoms with Gasteiger partial charge in [0.15, 0.2) is 0 Å². The molecule has 3 N–H and O–H groups in total. The summed E-state index contributed by atoms with van der Waals surface area (Å²) in [4.78, 5) is 36.4. The van der Waals surface area contributed by atoms with Crippen LogP contribution in [0.15, 0.2) is 12.7 Å². The summed E-state index contributed by atoms with van der Waals surface area (Å²) in [5.41, 5.74) is -1.16. The van der Waals surface area contributed by atoms with Gasteiger partial charge < -0.3 is 20.3 Å². The molecule has 122 valence electrons. The van der Waals surface area contributed by atoms with Crippen molar-refractivity contribution in [2.45, 2.75) is 37.5 Å². The minimum Gasteiger partial charge on any atom is -0.465 e. The first-order valence-corrected chi connectivity index (χ1v) is 7.15. The van der Waals surface area contributed by atoms with Gasteiger partial charge in [-0.1, -0.05) is 6.08 Å². The Hall–Kier alpha value is -2.09. The Morgan fingerprint density at radius 2 is 2.18 bits per heavy atom. The van der Waals surface area contributed by atoms with Crippen molar-refractivity contribution in [3.05, 3.63) is 12.7 Å². The molecule has 1 aliphatic carbocycles. The number of carbonyl (C=O) groups is 3. The fourth-order valence-corrected chi connectivity index (χ4v) is 2.84. The summed E-state index contributed by atoms with van der Waals surface area (Å²) in [6, 6.07) is -1.01. The first-order chi connectivity index (χ1) is 10.4. The zero-order valence-corrected chi connectivity index (χ0v) is 12.3. The van der Waals surface area contributed by atoms with E-state index in [2.05, 4.69) is 11.9 Å². The lowest BCUT2D eigenvalue weighted by atomic mass is 10.1. The van der Waals surface area contributed by atoms with E-state index in [4.69, 9.17) is 9.84 Å². The minimum atomic E-state index is -1.28. The van der Waals surface area contributed by atoms with Crippen LogP contribution in [0.3, 0.4) is 0 Å². The fourth-order valence-electron chi connectivity index (χ4n) is 2.84. The second kappa shape index (κ2) is 5.96. The number of aliphatic hydroxyl groups excluding tert-OH is 1. The van der Waals surface area contributed by atoms with Crippen LogP contribution >= 0.6 is 0 Å². The van der Waals surface area contributed by atoms with E-state index < -0.39 is 35.7 Å². The van der Waals surface area contributed by atoms with E-state index in [0.29, 0.717) is 6.42 Å². The number of carbonyl (C=O) groups excluding carboxylic acids is 2. The molecular formula is C14H20N2O6. The highest BCUT2D eigenvalue weighted by atomic mass is 16.5. The van der Waals surface area contributed by atoms with E-state index in [1.54, 1.807) is 13.0 Å². The van der Waals surface area contributed by atoms with Gasteiger partial charge in [-0.3, -0.25) is 9.69 Å². The monoisotopic (exact) mass is 312 g/mol. The molecule has 0 bridgehead atoms. The molecule has 8 heteroatoms. The molecule has 0 spiro atoms. The van der Waals surface area contributed by atoms with E-state index in [9.17, 15) is 19.5 Å². The van der Waals surface area contributed by atoms with Crippen LogP contribution in [0.2, 0.25) is 0 Å². The van der Waals surface area contributed by atoms with Crippen LogP contribution in [0.25, 0.3) is 0 Å². The van der Waals surface area contributed by atoms with Crippen LogP contribution < -0.4 is 5.32 Å². The summed E-state index contributed by atoms with van der Waals surface area (Å²) in [5.74, 6) is -1.38. The van der Waals surface area contributed by atoms with Crippen molar-refractivity contribution in [1.82, 2.24) is 10.2 Å². The second-order valence-corrected chi connectivity index (χ2v) is 5.57. The van der Waals surface area contributed by atoms with Crippen LogP contribution in [0.5, 0.6) is 0 Å². The molecule has 8 nitrogen and oxygen atoms in total. The topological polar surface area (TPSA) is 116 Å². The van der Waals surface area contributed by atoms with Gasteiger partial charge in [-0.25, -0.2) is 9.59 Å². The highest BCUT2D eigenvalue weighted by molar-refractivity contribution is 5.94. The van der Waals surface area contributed by atoms with Crippen molar-refractivity contribution in [1.29, 1.82) is 0 Å². The van der Waals surface area contributed by atoms with E-state index in [0.717, 1.165) is 4.90 Å². The van der Waals surface area contributed by atoms with Gasteiger partial charge in [0, 0.05) is 12.3 Å². The van der Waals surface area contributed by atoms with Crippen LogP contribution in [0, 0.1) is 5.92 Å². The van der Waals surface area contributed by atoms with E-state index in [1.807, 2.05) is 0 Å². The third-order valence-electron chi connectivity index (χ3n) is 4.11. The molecule has 22 heavy (non-hydrogen) atoms. The molecule has 1 saturated heterocycles. The van der Waals surface area contributed by atoms with Gasteiger partial charge in [0.1, 0.15) is 11.6 Å². The molecule has 0 aromatic heterocycles. The lowest BCUT2D eigenvalue weighted by Gasteiger charge is -2.24. The molecule has 2 fully saturated rings. The first kappa shape index (κ1) is 16.3. The molecular weight excluding hydrogens is 292 g/mol. The van der Waals surface area contributed by atoms with E-state index >= 15 is 0 Å². The third kappa shape index (κ3) is 2.78. The number of carboxylic acid groups (broad SMARTS) is 1. The van der Waals surface area contributed by atoms with Crippen molar-refractivity contribution in [2.24, 2.45) is 5.92 Å². The van der Waals surface area contributed by atoms with Crippen LogP contribution in [-0.4, -0.2) is 63.9 Å². The number of rotatable bonds is 5. The van der Waals surface area contributed by atoms with Gasteiger partial charge in [-0.05, 0) is 13.3 Å². The fraction of sp³-hybridized carbons (Fsp3) is 0.643. The van der Waals surface area contributed by atoms with Crippen LogP contribution in [0.1, 0.15) is 19.8 Å². The molecule has 2 aliphatic rings. The number of aliphatic hydroxyl groups is 1. The molecule has 4 atom stereocenters. The number of β-amino-alcohol motifs (C(OH)–C–C–N with tert-alkyl or cyclic N) is 1. The van der Waals surface area contributed by atoms with Gasteiger partial charge in [0.2, 0.25) is 5.91 Å². The Morgan fingerprint density at radius 3 is 2.68 bits per heavy atom. The molecule has 0 radical (unpaired) electrons. The zero-order chi connectivity index (χ0) is 16.5. The summed E-state index contributed by atoms with van der Waals surface area (Å²) in [7, 11) is 0. The number of ether oxygens (including phenoxy) is 1. The first-order valence-electron chi connectivity index (χ1n) is 7.15. The van der Waals surface area contributed by atoms with Crippen molar-refractivity contribution in [2.75, 3.05) is 13.2 Å². The number of esters is 1. The summed E-state index contributed by atoms with van der Waals surface area (Å²) in [5, 5.41) is 21.3. The molecule has 0 unspecified atom stereocenters. The number of amides is 2. The summed E-state index contributed by atoms with van der Waals surface area (Å²) in [6.07, 6.45) is -0.216. The number of hydrogen-bond donors (Lipinski definition) is 3. The van der Waals surface area contributed by atoms with Crippen molar-refractivity contribution >= 4 is 18.0 Å². The Morgan fingerprint density at radius 1 is 1.50 bits per heavy atom. The zero-order valence-electron chi connectivity index (χ0n) is 12.3. The quantitative estimate of drug-likeness (QED) is 0.475. The highest BCUT2D eigenvalue weighted by Crippen LogP contribution is 2.45.